The lowest BCUT2D eigenvalue weighted by Gasteiger charge is -2.29. The van der Waals surface area contributed by atoms with Crippen molar-refractivity contribution in [3.05, 3.63) is 91.5 Å². The van der Waals surface area contributed by atoms with Crippen molar-refractivity contribution in [2.24, 2.45) is 5.10 Å². The summed E-state index contributed by atoms with van der Waals surface area (Å²) in [6.07, 6.45) is -0.301. The van der Waals surface area contributed by atoms with Crippen molar-refractivity contribution in [3.8, 4) is 0 Å². The number of carbonyl (C=O) groups excluding carboxylic acids is 2. The number of piperidine rings is 1. The van der Waals surface area contributed by atoms with Crippen molar-refractivity contribution in [2.45, 2.75) is 25.4 Å². The number of amides is 2. The van der Waals surface area contributed by atoms with Gasteiger partial charge in [-0.05, 0) is 95.9 Å². The number of carbonyl (C=O) groups is 2. The van der Waals surface area contributed by atoms with Gasteiger partial charge in [0.25, 0.3) is 11.8 Å². The van der Waals surface area contributed by atoms with E-state index in [1.54, 1.807) is 30.3 Å². The number of benzene rings is 3. The molecule has 0 unspecified atom stereocenters. The normalized spacial score (nSPS) is 14.0. The molecule has 2 N–H and O–H groups in total. The summed E-state index contributed by atoms with van der Waals surface area (Å²) < 4.78 is 40.3. The Balaban J connectivity index is 1.58. The van der Waals surface area contributed by atoms with Gasteiger partial charge in [0.05, 0.1) is 28.1 Å². The Morgan fingerprint density at radius 3 is 2.45 bits per heavy atom. The molecule has 3 aromatic carbocycles. The molecule has 198 valence electrons. The lowest BCUT2D eigenvalue weighted by molar-refractivity contribution is -0.137. The van der Waals surface area contributed by atoms with Crippen LogP contribution in [0, 0.1) is 3.57 Å². The highest BCUT2D eigenvalue weighted by Crippen LogP contribution is 2.35. The van der Waals surface area contributed by atoms with E-state index in [0.717, 1.165) is 60.0 Å². The predicted molar refractivity (Wildman–Crippen MR) is 151 cm³/mol. The van der Waals surface area contributed by atoms with Gasteiger partial charge in [-0.3, -0.25) is 9.59 Å². The minimum absolute atomic E-state index is 0.108. The molecule has 1 aliphatic rings. The van der Waals surface area contributed by atoms with E-state index in [4.69, 9.17) is 11.6 Å². The molecule has 3 aromatic rings. The first kappa shape index (κ1) is 27.9. The van der Waals surface area contributed by atoms with Gasteiger partial charge in [0.2, 0.25) is 0 Å². The molecule has 0 atom stereocenters. The maximum absolute atomic E-state index is 13.1. The summed E-state index contributed by atoms with van der Waals surface area (Å²) in [6, 6.07) is 15.6. The Bertz CT molecular complexity index is 1370. The molecular formula is C27H23ClF3IN4O2. The van der Waals surface area contributed by atoms with E-state index >= 15 is 0 Å². The molecule has 0 spiro atoms. The molecule has 0 bridgehead atoms. The third-order valence-corrected chi connectivity index (χ3v) is 6.98. The van der Waals surface area contributed by atoms with Crippen molar-refractivity contribution in [2.75, 3.05) is 23.3 Å². The zero-order valence-electron chi connectivity index (χ0n) is 20.0. The van der Waals surface area contributed by atoms with E-state index in [0.29, 0.717) is 5.56 Å². The van der Waals surface area contributed by atoms with Gasteiger partial charge in [0, 0.05) is 27.9 Å². The zero-order chi connectivity index (χ0) is 27.3. The van der Waals surface area contributed by atoms with Gasteiger partial charge in [0.1, 0.15) is 0 Å². The monoisotopic (exact) mass is 654 g/mol. The summed E-state index contributed by atoms with van der Waals surface area (Å²) in [5, 5.41) is 6.20. The van der Waals surface area contributed by atoms with E-state index in [1.165, 1.54) is 6.07 Å². The molecule has 1 heterocycles. The van der Waals surface area contributed by atoms with Crippen LogP contribution in [0.25, 0.3) is 0 Å². The van der Waals surface area contributed by atoms with E-state index in [2.05, 4.69) is 43.3 Å². The summed E-state index contributed by atoms with van der Waals surface area (Å²) in [4.78, 5) is 28.2. The minimum Gasteiger partial charge on any atom is -0.372 e. The summed E-state index contributed by atoms with van der Waals surface area (Å²) >= 11 is 7.77. The summed E-state index contributed by atoms with van der Waals surface area (Å²) in [6.45, 7) is 1.71. The molecular weight excluding hydrogens is 632 g/mol. The largest absolute Gasteiger partial charge is 0.417 e. The number of hydrazone groups is 1. The fraction of sp³-hybridized carbons (Fsp3) is 0.222. The molecule has 38 heavy (non-hydrogen) atoms. The van der Waals surface area contributed by atoms with Crippen molar-refractivity contribution in [1.82, 2.24) is 5.43 Å². The fourth-order valence-electron chi connectivity index (χ4n) is 4.07. The van der Waals surface area contributed by atoms with Gasteiger partial charge in [0.15, 0.2) is 0 Å². The number of hydrogen-bond acceptors (Lipinski definition) is 4. The number of rotatable bonds is 6. The second-order valence-corrected chi connectivity index (χ2v) is 10.3. The van der Waals surface area contributed by atoms with Crippen LogP contribution in [0.2, 0.25) is 5.02 Å². The lowest BCUT2D eigenvalue weighted by Crippen LogP contribution is -2.30. The van der Waals surface area contributed by atoms with Crippen LogP contribution in [0.1, 0.15) is 51.1 Å². The number of nitrogens with zero attached hydrogens (tertiary/aromatic N) is 2. The number of hydrogen-bond donors (Lipinski definition) is 2. The average Bonchev–Trinajstić information content (AvgIpc) is 2.89. The second kappa shape index (κ2) is 12.2. The van der Waals surface area contributed by atoms with Gasteiger partial charge in [-0.25, -0.2) is 5.43 Å². The molecule has 1 saturated heterocycles. The third kappa shape index (κ3) is 7.04. The first-order chi connectivity index (χ1) is 18.1. The van der Waals surface area contributed by atoms with Crippen LogP contribution < -0.4 is 15.6 Å². The highest BCUT2D eigenvalue weighted by atomic mass is 127. The second-order valence-electron chi connectivity index (χ2n) is 8.68. The molecule has 1 fully saturated rings. The number of halogens is 5. The maximum Gasteiger partial charge on any atom is 0.417 e. The molecule has 0 aromatic heterocycles. The first-order valence-corrected chi connectivity index (χ1v) is 13.2. The maximum atomic E-state index is 13.1. The van der Waals surface area contributed by atoms with Crippen LogP contribution in [-0.4, -0.2) is 31.1 Å². The van der Waals surface area contributed by atoms with Crippen molar-refractivity contribution >= 4 is 63.6 Å². The van der Waals surface area contributed by atoms with Crippen molar-refractivity contribution < 1.29 is 22.8 Å². The quantitative estimate of drug-likeness (QED) is 0.171. The highest BCUT2D eigenvalue weighted by molar-refractivity contribution is 14.1. The Hall–Kier alpha value is -3.12. The van der Waals surface area contributed by atoms with Crippen molar-refractivity contribution in [3.63, 3.8) is 0 Å². The van der Waals surface area contributed by atoms with Crippen LogP contribution in [0.3, 0.4) is 0 Å². The van der Waals surface area contributed by atoms with Crippen LogP contribution in [-0.2, 0) is 6.18 Å². The molecule has 1 aliphatic heterocycles. The Kier molecular flexibility index (Phi) is 8.93. The Morgan fingerprint density at radius 2 is 1.74 bits per heavy atom. The summed E-state index contributed by atoms with van der Waals surface area (Å²) in [5.41, 5.74) is 3.20. The van der Waals surface area contributed by atoms with Gasteiger partial charge < -0.3 is 10.2 Å². The lowest BCUT2D eigenvalue weighted by atomic mass is 10.1. The van der Waals surface area contributed by atoms with Gasteiger partial charge in [-0.2, -0.15) is 18.3 Å². The predicted octanol–water partition coefficient (Wildman–Crippen LogP) is 6.97. The first-order valence-electron chi connectivity index (χ1n) is 11.8. The van der Waals surface area contributed by atoms with Gasteiger partial charge in [-0.15, -0.1) is 0 Å². The average molecular weight is 655 g/mol. The molecule has 4 rings (SSSR count). The number of alkyl halides is 3. The Morgan fingerprint density at radius 1 is 0.974 bits per heavy atom. The number of nitrogens with one attached hydrogen (secondary N) is 2. The number of anilines is 2. The highest BCUT2D eigenvalue weighted by Gasteiger charge is 2.33. The van der Waals surface area contributed by atoms with E-state index < -0.39 is 22.7 Å². The van der Waals surface area contributed by atoms with E-state index in [9.17, 15) is 22.8 Å². The smallest absolute Gasteiger partial charge is 0.372 e. The van der Waals surface area contributed by atoms with E-state index in [1.807, 2.05) is 12.1 Å². The van der Waals surface area contributed by atoms with Crippen LogP contribution >= 0.6 is 34.2 Å². The van der Waals surface area contributed by atoms with Gasteiger partial charge in [-0.1, -0.05) is 23.7 Å². The topological polar surface area (TPSA) is 73.8 Å². The molecule has 0 radical (unpaired) electrons. The van der Waals surface area contributed by atoms with Crippen molar-refractivity contribution in [1.29, 1.82) is 0 Å². The third-order valence-electron chi connectivity index (χ3n) is 5.98. The molecule has 0 aliphatic carbocycles. The van der Waals surface area contributed by atoms with Crippen LogP contribution in [0.4, 0.5) is 24.5 Å². The zero-order valence-corrected chi connectivity index (χ0v) is 22.9. The van der Waals surface area contributed by atoms with Crippen LogP contribution in [0.15, 0.2) is 65.8 Å². The SMILES string of the molecule is O=C(Nc1ccc(N2CCCCC2)cc1C(=O)N/N=C/c1ccc(Cl)c(C(F)(F)F)c1)c1cccc(I)c1. The molecule has 11 heteroatoms. The summed E-state index contributed by atoms with van der Waals surface area (Å²) in [5.74, 6) is -1.00. The fourth-order valence-corrected chi connectivity index (χ4v) is 4.84. The molecule has 0 saturated carbocycles. The summed E-state index contributed by atoms with van der Waals surface area (Å²) in [7, 11) is 0. The molecule has 6 nitrogen and oxygen atoms in total. The Labute approximate surface area is 236 Å². The van der Waals surface area contributed by atoms with Gasteiger partial charge >= 0.3 is 6.18 Å². The van der Waals surface area contributed by atoms with E-state index in [-0.39, 0.29) is 22.7 Å². The minimum atomic E-state index is -4.62. The van der Waals surface area contributed by atoms with Crippen LogP contribution in [0.5, 0.6) is 0 Å². The molecule has 2 amide bonds. The standard InChI is InChI=1S/C27H23ClF3IN4O2/c28-23-9-7-17(13-22(23)27(29,30)31)16-33-35-26(38)21-15-20(36-11-2-1-3-12-36)8-10-24(21)34-25(37)18-5-4-6-19(32)14-18/h4-10,13-16H,1-3,11-12H2,(H,34,37)(H,35,38)/b33-16+.